The van der Waals surface area contributed by atoms with E-state index in [1.54, 1.807) is 12.1 Å². The maximum Gasteiger partial charge on any atom is 0.162 e. The molecule has 0 amide bonds. The molecule has 0 spiro atoms. The number of hydrogen-bond donors (Lipinski definition) is 4. The van der Waals surface area contributed by atoms with E-state index in [4.69, 9.17) is 10.9 Å². The molecule has 4 nitrogen and oxygen atoms in total. The molecule has 60 valence electrons. The van der Waals surface area contributed by atoms with Crippen molar-refractivity contribution in [2.45, 2.75) is 6.54 Å². The van der Waals surface area contributed by atoms with Crippen molar-refractivity contribution in [2.75, 3.05) is 0 Å². The van der Waals surface area contributed by atoms with Crippen LogP contribution in [0.1, 0.15) is 5.56 Å². The normalized spacial score (nSPS) is 9.91. The molecule has 0 heterocycles. The van der Waals surface area contributed by atoms with E-state index >= 15 is 0 Å². The average molecular weight is 154 g/mol. The molecule has 1 aromatic carbocycles. The fourth-order valence-electron chi connectivity index (χ4n) is 0.830. The molecule has 0 bridgehead atoms. The van der Waals surface area contributed by atoms with Crippen LogP contribution in [0.25, 0.3) is 0 Å². The van der Waals surface area contributed by atoms with E-state index in [0.717, 1.165) is 0 Å². The molecule has 0 saturated heterocycles. The van der Waals surface area contributed by atoms with Gasteiger partial charge < -0.3 is 10.2 Å². The van der Waals surface area contributed by atoms with Crippen LogP contribution in [0, 0.1) is 0 Å². The first-order chi connectivity index (χ1) is 5.25. The Bertz CT molecular complexity index is 250. The lowest BCUT2D eigenvalue weighted by Crippen LogP contribution is -2.20. The van der Waals surface area contributed by atoms with Gasteiger partial charge in [0.2, 0.25) is 0 Å². The van der Waals surface area contributed by atoms with Crippen LogP contribution in [0.15, 0.2) is 18.2 Å². The first-order valence-electron chi connectivity index (χ1n) is 3.19. The Morgan fingerprint density at radius 2 is 2.09 bits per heavy atom. The highest BCUT2D eigenvalue weighted by Gasteiger charge is 2.03. The second-order valence-electron chi connectivity index (χ2n) is 2.17. The van der Waals surface area contributed by atoms with Crippen LogP contribution in [-0.2, 0) is 6.54 Å². The molecule has 0 radical (unpaired) electrons. The van der Waals surface area contributed by atoms with E-state index in [-0.39, 0.29) is 11.5 Å². The van der Waals surface area contributed by atoms with Crippen molar-refractivity contribution in [3.8, 4) is 11.5 Å². The van der Waals surface area contributed by atoms with Gasteiger partial charge in [0.25, 0.3) is 0 Å². The predicted octanol–water partition coefficient (Wildman–Crippen LogP) is 0.0611. The van der Waals surface area contributed by atoms with Gasteiger partial charge in [0.15, 0.2) is 11.5 Å². The lowest BCUT2D eigenvalue weighted by atomic mass is 10.2. The van der Waals surface area contributed by atoms with Gasteiger partial charge >= 0.3 is 0 Å². The van der Waals surface area contributed by atoms with E-state index in [2.05, 4.69) is 5.43 Å². The Kier molecular flexibility index (Phi) is 2.30. The molecule has 0 unspecified atom stereocenters. The largest absolute Gasteiger partial charge is 0.504 e. The van der Waals surface area contributed by atoms with E-state index in [9.17, 15) is 5.11 Å². The van der Waals surface area contributed by atoms with Crippen LogP contribution in [0.4, 0.5) is 0 Å². The minimum atomic E-state index is -0.127. The molecule has 0 aliphatic heterocycles. The van der Waals surface area contributed by atoms with Crippen molar-refractivity contribution < 1.29 is 10.2 Å². The zero-order chi connectivity index (χ0) is 8.27. The van der Waals surface area contributed by atoms with E-state index < -0.39 is 0 Å². The molecule has 0 aromatic heterocycles. The number of phenolic OH excluding ortho intramolecular Hbond substituents is 2. The van der Waals surface area contributed by atoms with E-state index in [1.165, 1.54) is 6.07 Å². The molecule has 1 aromatic rings. The van der Waals surface area contributed by atoms with Crippen LogP contribution in [0.3, 0.4) is 0 Å². The molecule has 4 heteroatoms. The molecule has 11 heavy (non-hydrogen) atoms. The van der Waals surface area contributed by atoms with Crippen LogP contribution in [0.5, 0.6) is 11.5 Å². The van der Waals surface area contributed by atoms with Crippen LogP contribution in [0.2, 0.25) is 0 Å². The second kappa shape index (κ2) is 3.23. The summed E-state index contributed by atoms with van der Waals surface area (Å²) in [5, 5.41) is 18.2. The number of nitrogens with one attached hydrogen (secondary N) is 1. The topological polar surface area (TPSA) is 78.5 Å². The van der Waals surface area contributed by atoms with Gasteiger partial charge in [-0.3, -0.25) is 11.3 Å². The smallest absolute Gasteiger partial charge is 0.162 e. The Balaban J connectivity index is 2.96. The summed E-state index contributed by atoms with van der Waals surface area (Å²) in [6.45, 7) is 0.334. The van der Waals surface area contributed by atoms with Gasteiger partial charge in [0.05, 0.1) is 0 Å². The molecular formula is C7H10N2O2. The van der Waals surface area contributed by atoms with Crippen molar-refractivity contribution in [2.24, 2.45) is 5.84 Å². The SMILES string of the molecule is NNCc1cccc(O)c1O. The monoisotopic (exact) mass is 154 g/mol. The Morgan fingerprint density at radius 3 is 2.73 bits per heavy atom. The zero-order valence-electron chi connectivity index (χ0n) is 5.91. The van der Waals surface area contributed by atoms with Crippen molar-refractivity contribution in [3.63, 3.8) is 0 Å². The quantitative estimate of drug-likeness (QED) is 0.276. The van der Waals surface area contributed by atoms with Gasteiger partial charge in [-0.2, -0.15) is 0 Å². The van der Waals surface area contributed by atoms with Gasteiger partial charge in [-0.15, -0.1) is 0 Å². The van der Waals surface area contributed by atoms with E-state index in [1.807, 2.05) is 0 Å². The third-order valence-electron chi connectivity index (χ3n) is 1.39. The summed E-state index contributed by atoms with van der Waals surface area (Å²) in [6.07, 6.45) is 0. The predicted molar refractivity (Wildman–Crippen MR) is 40.8 cm³/mol. The Morgan fingerprint density at radius 1 is 1.36 bits per heavy atom. The van der Waals surface area contributed by atoms with Gasteiger partial charge in [-0.1, -0.05) is 12.1 Å². The molecule has 0 aliphatic carbocycles. The fourth-order valence-corrected chi connectivity index (χ4v) is 0.830. The first kappa shape index (κ1) is 7.84. The van der Waals surface area contributed by atoms with Crippen molar-refractivity contribution in [1.82, 2.24) is 5.43 Å². The van der Waals surface area contributed by atoms with Gasteiger partial charge in [-0.05, 0) is 6.07 Å². The highest BCUT2D eigenvalue weighted by Crippen LogP contribution is 2.27. The summed E-state index contributed by atoms with van der Waals surface area (Å²) in [5.41, 5.74) is 2.96. The maximum atomic E-state index is 9.18. The highest BCUT2D eigenvalue weighted by atomic mass is 16.3. The number of nitrogens with two attached hydrogens (primary N) is 1. The number of benzene rings is 1. The number of phenols is 2. The third kappa shape index (κ3) is 1.60. The summed E-state index contributed by atoms with van der Waals surface area (Å²) in [5.74, 6) is 4.79. The third-order valence-corrected chi connectivity index (χ3v) is 1.39. The average Bonchev–Trinajstić information content (AvgIpc) is 1.99. The summed E-state index contributed by atoms with van der Waals surface area (Å²) >= 11 is 0. The van der Waals surface area contributed by atoms with Gasteiger partial charge in [0, 0.05) is 12.1 Å². The Hall–Kier alpha value is -1.26. The summed E-state index contributed by atoms with van der Waals surface area (Å²) in [4.78, 5) is 0. The standard InChI is InChI=1S/C7H10N2O2/c8-9-4-5-2-1-3-6(10)7(5)11/h1-3,9-11H,4,8H2. The lowest BCUT2D eigenvalue weighted by Gasteiger charge is -2.03. The maximum absolute atomic E-state index is 9.18. The minimum absolute atomic E-state index is 0.120. The molecular weight excluding hydrogens is 144 g/mol. The molecule has 0 fully saturated rings. The van der Waals surface area contributed by atoms with Crippen LogP contribution in [-0.4, -0.2) is 10.2 Å². The second-order valence-corrected chi connectivity index (χ2v) is 2.17. The Labute approximate surface area is 64.2 Å². The number of hydrazine groups is 1. The van der Waals surface area contributed by atoms with Crippen molar-refractivity contribution in [3.05, 3.63) is 23.8 Å². The van der Waals surface area contributed by atoms with Gasteiger partial charge in [-0.25, -0.2) is 0 Å². The number of hydrogen-bond acceptors (Lipinski definition) is 4. The molecule has 5 N–H and O–H groups in total. The number of aromatic hydroxyl groups is 2. The summed E-state index contributed by atoms with van der Waals surface area (Å²) < 4.78 is 0. The van der Waals surface area contributed by atoms with Crippen molar-refractivity contribution >= 4 is 0 Å². The lowest BCUT2D eigenvalue weighted by molar-refractivity contribution is 0.398. The summed E-state index contributed by atoms with van der Waals surface area (Å²) in [7, 11) is 0. The van der Waals surface area contributed by atoms with Crippen molar-refractivity contribution in [1.29, 1.82) is 0 Å². The molecule has 0 atom stereocenters. The highest BCUT2D eigenvalue weighted by molar-refractivity contribution is 5.44. The molecule has 0 aliphatic rings. The number of para-hydroxylation sites is 1. The number of rotatable bonds is 2. The van der Waals surface area contributed by atoms with E-state index in [0.29, 0.717) is 12.1 Å². The first-order valence-corrected chi connectivity index (χ1v) is 3.19. The zero-order valence-corrected chi connectivity index (χ0v) is 5.91. The molecule has 1 rings (SSSR count). The molecule has 0 saturated carbocycles. The summed E-state index contributed by atoms with van der Waals surface area (Å²) in [6, 6.07) is 4.73. The van der Waals surface area contributed by atoms with Gasteiger partial charge in [0.1, 0.15) is 0 Å². The minimum Gasteiger partial charge on any atom is -0.504 e. The fraction of sp³-hybridized carbons (Fsp3) is 0.143. The van der Waals surface area contributed by atoms with Crippen LogP contribution >= 0.6 is 0 Å². The van der Waals surface area contributed by atoms with Crippen LogP contribution < -0.4 is 11.3 Å².